The number of carbonyl (C=O) groups is 2. The van der Waals surface area contributed by atoms with E-state index in [2.05, 4.69) is 5.32 Å². The highest BCUT2D eigenvalue weighted by Crippen LogP contribution is 2.17. The third kappa shape index (κ3) is 4.35. The minimum atomic E-state index is -1.13. The maximum Gasteiger partial charge on any atom is 0.338 e. The number of aryl methyl sites for hydroxylation is 1. The van der Waals surface area contributed by atoms with Crippen LogP contribution in [0.15, 0.2) is 34.9 Å². The molecule has 6 nitrogen and oxygen atoms in total. The van der Waals surface area contributed by atoms with Crippen molar-refractivity contribution in [3.05, 3.63) is 53.0 Å². The van der Waals surface area contributed by atoms with Crippen LogP contribution in [0.1, 0.15) is 45.4 Å². The molecule has 0 aliphatic carbocycles. The van der Waals surface area contributed by atoms with Crippen molar-refractivity contribution in [2.45, 2.75) is 26.8 Å². The van der Waals surface area contributed by atoms with E-state index in [9.17, 15) is 9.59 Å². The third-order valence-electron chi connectivity index (χ3n) is 3.30. The number of furan rings is 1. The first-order valence-corrected chi connectivity index (χ1v) is 7.33. The summed E-state index contributed by atoms with van der Waals surface area (Å²) < 4.78 is 10.5. The van der Waals surface area contributed by atoms with Crippen LogP contribution in [0.4, 0.5) is 0 Å². The van der Waals surface area contributed by atoms with E-state index in [0.717, 1.165) is 29.6 Å². The molecule has 1 heterocycles. The van der Waals surface area contributed by atoms with Gasteiger partial charge >= 0.3 is 5.97 Å². The molecule has 6 heteroatoms. The molecule has 1 amide bonds. The lowest BCUT2D eigenvalue weighted by atomic mass is 10.1. The van der Waals surface area contributed by atoms with Crippen LogP contribution < -0.4 is 10.1 Å². The summed E-state index contributed by atoms with van der Waals surface area (Å²) in [6.07, 6.45) is 1.99. The fourth-order valence-electron chi connectivity index (χ4n) is 2.01. The highest BCUT2D eigenvalue weighted by Gasteiger charge is 2.14. The van der Waals surface area contributed by atoms with E-state index in [-0.39, 0.29) is 11.3 Å². The first-order valence-electron chi connectivity index (χ1n) is 7.33. The topological polar surface area (TPSA) is 88.8 Å². The molecule has 2 aromatic rings. The molecule has 0 bridgehead atoms. The van der Waals surface area contributed by atoms with E-state index in [1.165, 1.54) is 6.07 Å². The number of ether oxygens (including phenoxy) is 1. The van der Waals surface area contributed by atoms with Crippen molar-refractivity contribution >= 4 is 11.9 Å². The van der Waals surface area contributed by atoms with Gasteiger partial charge in [0.1, 0.15) is 12.0 Å². The van der Waals surface area contributed by atoms with Crippen molar-refractivity contribution in [2.75, 3.05) is 6.61 Å². The first-order chi connectivity index (χ1) is 11.0. The van der Waals surface area contributed by atoms with E-state index in [1.54, 1.807) is 0 Å². The molecule has 0 fully saturated rings. The summed E-state index contributed by atoms with van der Waals surface area (Å²) in [5.74, 6) is -0.811. The van der Waals surface area contributed by atoms with Crippen LogP contribution in [0.25, 0.3) is 0 Å². The van der Waals surface area contributed by atoms with E-state index >= 15 is 0 Å². The van der Waals surface area contributed by atoms with E-state index in [0.29, 0.717) is 13.2 Å². The van der Waals surface area contributed by atoms with Gasteiger partial charge in [-0.1, -0.05) is 13.0 Å². The van der Waals surface area contributed by atoms with Gasteiger partial charge in [0.05, 0.1) is 12.2 Å². The second-order valence-electron chi connectivity index (χ2n) is 5.12. The molecule has 122 valence electrons. The Kier molecular flexibility index (Phi) is 5.41. The fraction of sp³-hybridized carbons (Fsp3) is 0.294. The Morgan fingerprint density at radius 2 is 2.09 bits per heavy atom. The zero-order valence-electron chi connectivity index (χ0n) is 13.1. The largest absolute Gasteiger partial charge is 0.494 e. The average molecular weight is 317 g/mol. The Balaban J connectivity index is 1.96. The van der Waals surface area contributed by atoms with Crippen molar-refractivity contribution < 1.29 is 23.8 Å². The molecule has 0 unspecified atom stereocenters. The molecule has 0 radical (unpaired) electrons. The second kappa shape index (κ2) is 7.49. The summed E-state index contributed by atoms with van der Waals surface area (Å²) in [6, 6.07) is 6.88. The Hall–Kier alpha value is -2.76. The van der Waals surface area contributed by atoms with Crippen molar-refractivity contribution in [3.63, 3.8) is 0 Å². The Morgan fingerprint density at radius 3 is 2.70 bits per heavy atom. The number of carboxylic acids is 1. The molecular weight excluding hydrogens is 298 g/mol. The van der Waals surface area contributed by atoms with Gasteiger partial charge < -0.3 is 19.6 Å². The predicted molar refractivity (Wildman–Crippen MR) is 83.8 cm³/mol. The molecule has 1 aromatic heterocycles. The van der Waals surface area contributed by atoms with Crippen LogP contribution in [0.3, 0.4) is 0 Å². The number of rotatable bonds is 7. The summed E-state index contributed by atoms with van der Waals surface area (Å²) in [6.45, 7) is 4.97. The smallest absolute Gasteiger partial charge is 0.338 e. The Bertz CT molecular complexity index is 705. The SMILES string of the molecule is CCCOc1ccc(CNC(=O)c2cc(C(=O)O)co2)c(C)c1. The van der Waals surface area contributed by atoms with Crippen LogP contribution in [0.5, 0.6) is 5.75 Å². The number of carboxylic acid groups (broad SMARTS) is 1. The van der Waals surface area contributed by atoms with Crippen LogP contribution in [-0.2, 0) is 6.54 Å². The van der Waals surface area contributed by atoms with Gasteiger partial charge in [0.15, 0.2) is 5.76 Å². The molecule has 2 N–H and O–H groups in total. The van der Waals surface area contributed by atoms with Crippen molar-refractivity contribution in [1.29, 1.82) is 0 Å². The number of benzene rings is 1. The fourth-order valence-corrected chi connectivity index (χ4v) is 2.01. The Morgan fingerprint density at radius 1 is 1.30 bits per heavy atom. The second-order valence-corrected chi connectivity index (χ2v) is 5.12. The molecule has 23 heavy (non-hydrogen) atoms. The van der Waals surface area contributed by atoms with Crippen LogP contribution in [-0.4, -0.2) is 23.6 Å². The van der Waals surface area contributed by atoms with Crippen molar-refractivity contribution in [3.8, 4) is 5.75 Å². The van der Waals surface area contributed by atoms with Gasteiger partial charge in [-0.05, 0) is 36.6 Å². The third-order valence-corrected chi connectivity index (χ3v) is 3.30. The van der Waals surface area contributed by atoms with Gasteiger partial charge in [-0.2, -0.15) is 0 Å². The molecule has 0 aliphatic heterocycles. The average Bonchev–Trinajstić information content (AvgIpc) is 3.02. The molecule has 0 saturated heterocycles. The summed E-state index contributed by atoms with van der Waals surface area (Å²) in [4.78, 5) is 22.7. The van der Waals surface area contributed by atoms with Gasteiger partial charge in [-0.15, -0.1) is 0 Å². The number of nitrogens with one attached hydrogen (secondary N) is 1. The lowest BCUT2D eigenvalue weighted by Gasteiger charge is -2.10. The van der Waals surface area contributed by atoms with Crippen molar-refractivity contribution in [1.82, 2.24) is 5.32 Å². The zero-order valence-corrected chi connectivity index (χ0v) is 13.1. The molecular formula is C17H19NO5. The van der Waals surface area contributed by atoms with Crippen molar-refractivity contribution in [2.24, 2.45) is 0 Å². The van der Waals surface area contributed by atoms with Gasteiger partial charge in [0.2, 0.25) is 0 Å². The van der Waals surface area contributed by atoms with Crippen LogP contribution in [0.2, 0.25) is 0 Å². The number of carbonyl (C=O) groups excluding carboxylic acids is 1. The van der Waals surface area contributed by atoms with Gasteiger partial charge in [0.25, 0.3) is 5.91 Å². The lowest BCUT2D eigenvalue weighted by molar-refractivity contribution is 0.0696. The summed E-state index contributed by atoms with van der Waals surface area (Å²) >= 11 is 0. The summed E-state index contributed by atoms with van der Waals surface area (Å²) in [5.41, 5.74) is 1.90. The van der Waals surface area contributed by atoms with Gasteiger partial charge in [-0.25, -0.2) is 4.79 Å². The molecule has 0 aliphatic rings. The summed E-state index contributed by atoms with van der Waals surface area (Å²) in [5, 5.41) is 11.5. The monoisotopic (exact) mass is 317 g/mol. The standard InChI is InChI=1S/C17H19NO5/c1-3-6-22-14-5-4-12(11(2)7-14)9-18-16(19)15-8-13(10-23-15)17(20)21/h4-5,7-8,10H,3,6,9H2,1-2H3,(H,18,19)(H,20,21). The minimum Gasteiger partial charge on any atom is -0.494 e. The van der Waals surface area contributed by atoms with Gasteiger partial charge in [-0.3, -0.25) is 4.79 Å². The lowest BCUT2D eigenvalue weighted by Crippen LogP contribution is -2.22. The number of amides is 1. The molecule has 1 aromatic carbocycles. The maximum absolute atomic E-state index is 12.0. The minimum absolute atomic E-state index is 0.0250. The molecule has 0 saturated carbocycles. The highest BCUT2D eigenvalue weighted by atomic mass is 16.5. The van der Waals surface area contributed by atoms with Crippen LogP contribution >= 0.6 is 0 Å². The normalized spacial score (nSPS) is 10.3. The molecule has 0 atom stereocenters. The maximum atomic E-state index is 12.0. The van der Waals surface area contributed by atoms with E-state index in [4.69, 9.17) is 14.3 Å². The predicted octanol–water partition coefficient (Wildman–Crippen LogP) is 3.01. The Labute approximate surface area is 134 Å². The highest BCUT2D eigenvalue weighted by molar-refractivity contribution is 5.95. The first kappa shape index (κ1) is 16.6. The quantitative estimate of drug-likeness (QED) is 0.819. The molecule has 2 rings (SSSR count). The molecule has 0 spiro atoms. The summed E-state index contributed by atoms with van der Waals surface area (Å²) in [7, 11) is 0. The number of aromatic carboxylic acids is 1. The number of hydrogen-bond donors (Lipinski definition) is 2. The van der Waals surface area contributed by atoms with E-state index in [1.807, 2.05) is 32.0 Å². The zero-order chi connectivity index (χ0) is 16.8. The van der Waals surface area contributed by atoms with E-state index < -0.39 is 11.9 Å². The van der Waals surface area contributed by atoms with Gasteiger partial charge in [0, 0.05) is 12.6 Å². The number of hydrogen-bond acceptors (Lipinski definition) is 4. The van der Waals surface area contributed by atoms with Crippen LogP contribution in [0, 0.1) is 6.92 Å².